The third kappa shape index (κ3) is 6.09. The minimum Gasteiger partial charge on any atom is -0.486 e. The van der Waals surface area contributed by atoms with Crippen LogP contribution in [0.15, 0.2) is 34.7 Å². The van der Waals surface area contributed by atoms with E-state index in [4.69, 9.17) is 9.15 Å². The molecule has 152 valence electrons. The molecule has 0 spiro atoms. The van der Waals surface area contributed by atoms with Crippen LogP contribution in [0.1, 0.15) is 42.1 Å². The molecule has 8 nitrogen and oxygen atoms in total. The lowest BCUT2D eigenvalue weighted by atomic mass is 10.2. The van der Waals surface area contributed by atoms with Gasteiger partial charge in [-0.2, -0.15) is 0 Å². The van der Waals surface area contributed by atoms with Gasteiger partial charge in [-0.25, -0.2) is 0 Å². The van der Waals surface area contributed by atoms with Gasteiger partial charge in [-0.3, -0.25) is 14.9 Å². The minimum absolute atomic E-state index is 0.0466. The van der Waals surface area contributed by atoms with E-state index in [-0.39, 0.29) is 24.0 Å². The highest BCUT2D eigenvalue weighted by Crippen LogP contribution is 2.24. The molecule has 0 unspecified atom stereocenters. The second-order valence-corrected chi connectivity index (χ2v) is 6.40. The molecule has 28 heavy (non-hydrogen) atoms. The van der Waals surface area contributed by atoms with Crippen LogP contribution in [-0.2, 0) is 6.61 Å². The summed E-state index contributed by atoms with van der Waals surface area (Å²) in [5, 5.41) is 13.7. The van der Waals surface area contributed by atoms with Gasteiger partial charge >= 0.3 is 0 Å². The normalized spacial score (nSPS) is 10.9. The first kappa shape index (κ1) is 21.4. The third-order valence-electron chi connectivity index (χ3n) is 4.46. The second-order valence-electron chi connectivity index (χ2n) is 6.40. The molecule has 0 atom stereocenters. The molecule has 0 aliphatic carbocycles. The summed E-state index contributed by atoms with van der Waals surface area (Å²) in [6.07, 6.45) is 0.879. The molecule has 2 rings (SSSR count). The Morgan fingerprint density at radius 3 is 2.64 bits per heavy atom. The highest BCUT2D eigenvalue weighted by molar-refractivity contribution is 5.91. The summed E-state index contributed by atoms with van der Waals surface area (Å²) in [4.78, 5) is 24.9. The largest absolute Gasteiger partial charge is 0.486 e. The van der Waals surface area contributed by atoms with E-state index >= 15 is 0 Å². The van der Waals surface area contributed by atoms with E-state index in [9.17, 15) is 14.9 Å². The molecule has 0 aliphatic rings. The van der Waals surface area contributed by atoms with Gasteiger partial charge in [0.15, 0.2) is 5.76 Å². The number of nitrogens with zero attached hydrogens (tertiary/aromatic N) is 2. The molecule has 0 saturated heterocycles. The van der Waals surface area contributed by atoms with Crippen molar-refractivity contribution in [2.45, 2.75) is 33.8 Å². The second kappa shape index (κ2) is 10.5. The molecule has 1 N–H and O–H groups in total. The highest BCUT2D eigenvalue weighted by Gasteiger charge is 2.13. The van der Waals surface area contributed by atoms with Crippen LogP contribution < -0.4 is 10.1 Å². The Balaban J connectivity index is 1.81. The summed E-state index contributed by atoms with van der Waals surface area (Å²) < 4.78 is 11.1. The van der Waals surface area contributed by atoms with E-state index in [0.29, 0.717) is 23.6 Å². The van der Waals surface area contributed by atoms with Gasteiger partial charge in [0.25, 0.3) is 11.6 Å². The summed E-state index contributed by atoms with van der Waals surface area (Å²) >= 11 is 0. The Morgan fingerprint density at radius 1 is 1.25 bits per heavy atom. The number of carbonyl (C=O) groups excluding carboxylic acids is 1. The Labute approximate surface area is 164 Å². The van der Waals surface area contributed by atoms with Crippen molar-refractivity contribution in [1.29, 1.82) is 0 Å². The predicted octanol–water partition coefficient (Wildman–Crippen LogP) is 3.54. The lowest BCUT2D eigenvalue weighted by molar-refractivity contribution is -0.385. The lowest BCUT2D eigenvalue weighted by Gasteiger charge is -2.17. The van der Waals surface area contributed by atoms with Gasteiger partial charge in [-0.05, 0) is 57.2 Å². The highest BCUT2D eigenvalue weighted by atomic mass is 16.6. The number of benzene rings is 1. The number of ether oxygens (including phenoxy) is 1. The van der Waals surface area contributed by atoms with E-state index in [1.165, 1.54) is 12.1 Å². The number of nitro groups is 1. The monoisotopic (exact) mass is 389 g/mol. The number of furan rings is 1. The van der Waals surface area contributed by atoms with Crippen LogP contribution in [0.25, 0.3) is 0 Å². The van der Waals surface area contributed by atoms with Gasteiger partial charge in [0.05, 0.1) is 4.92 Å². The molecule has 1 aromatic carbocycles. The lowest BCUT2D eigenvalue weighted by Crippen LogP contribution is -2.29. The molecule has 1 heterocycles. The predicted molar refractivity (Wildman–Crippen MR) is 106 cm³/mol. The zero-order valence-corrected chi connectivity index (χ0v) is 16.6. The average molecular weight is 389 g/mol. The molecule has 0 saturated carbocycles. The fourth-order valence-electron chi connectivity index (χ4n) is 2.79. The number of aryl methyl sites for hydroxylation is 1. The number of nitrogens with one attached hydrogen (secondary N) is 1. The first-order valence-electron chi connectivity index (χ1n) is 9.41. The molecule has 8 heteroatoms. The molecular formula is C20H27N3O5. The molecule has 0 bridgehead atoms. The fraction of sp³-hybridized carbons (Fsp3) is 0.450. The number of amides is 1. The Hall–Kier alpha value is -2.87. The van der Waals surface area contributed by atoms with Crippen molar-refractivity contribution in [3.63, 3.8) is 0 Å². The van der Waals surface area contributed by atoms with E-state index in [2.05, 4.69) is 24.1 Å². The van der Waals surface area contributed by atoms with E-state index in [1.54, 1.807) is 25.1 Å². The SMILES string of the molecule is CCN(CC)CCCNC(=O)c1ccc(COc2ccc([N+](=O)[O-])c(C)c2)o1. The van der Waals surface area contributed by atoms with Crippen LogP contribution in [0, 0.1) is 17.0 Å². The maximum atomic E-state index is 12.1. The van der Waals surface area contributed by atoms with E-state index in [0.717, 1.165) is 26.1 Å². The van der Waals surface area contributed by atoms with Crippen molar-refractivity contribution < 1.29 is 18.9 Å². The van der Waals surface area contributed by atoms with Gasteiger partial charge in [0.1, 0.15) is 18.1 Å². The quantitative estimate of drug-likeness (QED) is 0.359. The van der Waals surface area contributed by atoms with Crippen LogP contribution in [-0.4, -0.2) is 41.9 Å². The first-order valence-corrected chi connectivity index (χ1v) is 9.41. The standard InChI is InChI=1S/C20H27N3O5/c1-4-22(5-2)12-6-11-21-20(24)19-10-8-17(28-19)14-27-16-7-9-18(23(25)26)15(3)13-16/h7-10,13H,4-6,11-12,14H2,1-3H3,(H,21,24). The average Bonchev–Trinajstić information content (AvgIpc) is 3.15. The topological polar surface area (TPSA) is 97.9 Å². The van der Waals surface area contributed by atoms with Gasteiger partial charge in [-0.1, -0.05) is 13.8 Å². The summed E-state index contributed by atoms with van der Waals surface area (Å²) in [5.41, 5.74) is 0.567. The van der Waals surface area contributed by atoms with Crippen LogP contribution in [0.4, 0.5) is 5.69 Å². The van der Waals surface area contributed by atoms with Crippen molar-refractivity contribution in [3.05, 3.63) is 57.5 Å². The minimum atomic E-state index is -0.432. The van der Waals surface area contributed by atoms with E-state index in [1.807, 2.05) is 0 Å². The summed E-state index contributed by atoms with van der Waals surface area (Å²) in [6, 6.07) is 7.84. The number of hydrogen-bond acceptors (Lipinski definition) is 6. The molecule has 0 fully saturated rings. The zero-order valence-electron chi connectivity index (χ0n) is 16.6. The number of carbonyl (C=O) groups is 1. The van der Waals surface area contributed by atoms with Gasteiger partial charge in [0.2, 0.25) is 0 Å². The van der Waals surface area contributed by atoms with Gasteiger partial charge in [-0.15, -0.1) is 0 Å². The van der Waals surface area contributed by atoms with Gasteiger partial charge in [0, 0.05) is 18.2 Å². The van der Waals surface area contributed by atoms with Crippen molar-refractivity contribution >= 4 is 11.6 Å². The third-order valence-corrected chi connectivity index (χ3v) is 4.46. The molecule has 1 amide bonds. The Bertz CT molecular complexity index is 799. The zero-order chi connectivity index (χ0) is 20.5. The number of nitro benzene ring substituents is 1. The summed E-state index contributed by atoms with van der Waals surface area (Å²) in [7, 11) is 0. The van der Waals surface area contributed by atoms with Crippen molar-refractivity contribution in [3.8, 4) is 5.75 Å². The van der Waals surface area contributed by atoms with Crippen LogP contribution in [0.2, 0.25) is 0 Å². The molecule has 0 aliphatic heterocycles. The molecule has 0 radical (unpaired) electrons. The van der Waals surface area contributed by atoms with Crippen LogP contribution in [0.3, 0.4) is 0 Å². The maximum Gasteiger partial charge on any atom is 0.286 e. The van der Waals surface area contributed by atoms with Crippen molar-refractivity contribution in [2.24, 2.45) is 0 Å². The Morgan fingerprint density at radius 2 is 2.00 bits per heavy atom. The van der Waals surface area contributed by atoms with E-state index < -0.39 is 4.92 Å². The molecule has 2 aromatic rings. The first-order chi connectivity index (χ1) is 13.4. The van der Waals surface area contributed by atoms with Crippen molar-refractivity contribution in [2.75, 3.05) is 26.2 Å². The van der Waals surface area contributed by atoms with Crippen LogP contribution in [0.5, 0.6) is 5.75 Å². The van der Waals surface area contributed by atoms with Crippen LogP contribution >= 0.6 is 0 Å². The summed E-state index contributed by atoms with van der Waals surface area (Å²) in [6.45, 7) is 9.55. The maximum absolute atomic E-state index is 12.1. The smallest absolute Gasteiger partial charge is 0.286 e. The van der Waals surface area contributed by atoms with Crippen molar-refractivity contribution in [1.82, 2.24) is 10.2 Å². The summed E-state index contributed by atoms with van der Waals surface area (Å²) in [5.74, 6) is 0.990. The Kier molecular flexibility index (Phi) is 8.01. The fourth-order valence-corrected chi connectivity index (χ4v) is 2.79. The molecule has 1 aromatic heterocycles. The number of hydrogen-bond donors (Lipinski definition) is 1. The molecular weight excluding hydrogens is 362 g/mol. The number of rotatable bonds is 11. The van der Waals surface area contributed by atoms with Gasteiger partial charge < -0.3 is 19.4 Å².